The first kappa shape index (κ1) is 23.5. The fourth-order valence-electron chi connectivity index (χ4n) is 5.33. The molecule has 0 aromatic heterocycles. The minimum atomic E-state index is -0.142. The number of amides is 2. The van der Waals surface area contributed by atoms with Gasteiger partial charge in [-0.1, -0.05) is 12.8 Å². The molecule has 0 bridgehead atoms. The van der Waals surface area contributed by atoms with Crippen molar-refractivity contribution in [3.05, 3.63) is 0 Å². The molecule has 2 aliphatic heterocycles. The minimum Gasteiger partial charge on any atom is -0.381 e. The average Bonchev–Trinajstić information content (AvgIpc) is 2.81. The summed E-state index contributed by atoms with van der Waals surface area (Å²) in [5.41, 5.74) is 0. The highest BCUT2D eigenvalue weighted by Crippen LogP contribution is 2.33. The molecule has 6 nitrogen and oxygen atoms in total. The summed E-state index contributed by atoms with van der Waals surface area (Å²) in [6, 6.07) is 0. The second-order valence-electron chi connectivity index (χ2n) is 9.71. The van der Waals surface area contributed by atoms with Gasteiger partial charge in [-0.15, -0.1) is 0 Å². The van der Waals surface area contributed by atoms with Crippen LogP contribution >= 0.6 is 0 Å². The van der Waals surface area contributed by atoms with Gasteiger partial charge in [0.1, 0.15) is 0 Å². The van der Waals surface area contributed by atoms with E-state index in [1.807, 2.05) is 23.9 Å². The van der Waals surface area contributed by atoms with Crippen molar-refractivity contribution in [2.45, 2.75) is 64.2 Å². The third-order valence-electron chi connectivity index (χ3n) is 7.58. The van der Waals surface area contributed by atoms with Gasteiger partial charge < -0.3 is 19.3 Å². The molecule has 2 saturated heterocycles. The predicted octanol–water partition coefficient (Wildman–Crippen LogP) is 3.34. The van der Waals surface area contributed by atoms with Gasteiger partial charge in [-0.25, -0.2) is 0 Å². The van der Waals surface area contributed by atoms with Gasteiger partial charge in [0.2, 0.25) is 11.8 Å². The summed E-state index contributed by atoms with van der Waals surface area (Å²) in [5, 5.41) is 0. The summed E-state index contributed by atoms with van der Waals surface area (Å²) >= 11 is 0. The average molecular weight is 423 g/mol. The van der Waals surface area contributed by atoms with Crippen LogP contribution in [0.25, 0.3) is 0 Å². The van der Waals surface area contributed by atoms with Gasteiger partial charge in [0.05, 0.1) is 0 Å². The van der Waals surface area contributed by atoms with Crippen LogP contribution in [-0.2, 0) is 19.1 Å². The maximum Gasteiger partial charge on any atom is 0.226 e. The zero-order chi connectivity index (χ0) is 21.3. The van der Waals surface area contributed by atoms with Crippen LogP contribution in [-0.4, -0.2) is 75.2 Å². The molecule has 0 aromatic rings. The number of nitrogens with zero attached hydrogens (tertiary/aromatic N) is 2. The first-order chi connectivity index (χ1) is 14.6. The monoisotopic (exact) mass is 422 g/mol. The van der Waals surface area contributed by atoms with Crippen LogP contribution in [0.4, 0.5) is 0 Å². The van der Waals surface area contributed by atoms with E-state index in [1.54, 1.807) is 0 Å². The van der Waals surface area contributed by atoms with Crippen LogP contribution in [0.2, 0.25) is 0 Å². The fourth-order valence-corrected chi connectivity index (χ4v) is 5.33. The highest BCUT2D eigenvalue weighted by molar-refractivity contribution is 5.87. The van der Waals surface area contributed by atoms with E-state index >= 15 is 0 Å². The van der Waals surface area contributed by atoms with Crippen molar-refractivity contribution in [2.75, 3.05) is 53.6 Å². The summed E-state index contributed by atoms with van der Waals surface area (Å²) in [6.45, 7) is 4.98. The summed E-state index contributed by atoms with van der Waals surface area (Å²) in [6.07, 6.45) is 10.3. The Bertz CT molecular complexity index is 495. The Kier molecular flexibility index (Phi) is 9.44. The number of carbonyl (C=O) groups excluding carboxylic acids is 2. The molecule has 2 atom stereocenters. The number of carbonyl (C=O) groups is 2. The minimum absolute atomic E-state index is 0.142. The van der Waals surface area contributed by atoms with Crippen molar-refractivity contribution in [3.8, 4) is 0 Å². The maximum atomic E-state index is 13.2. The van der Waals surface area contributed by atoms with E-state index in [0.717, 1.165) is 104 Å². The lowest BCUT2D eigenvalue weighted by molar-refractivity contribution is -0.147. The Hall–Kier alpha value is -1.14. The Morgan fingerprint density at radius 2 is 1.03 bits per heavy atom. The van der Waals surface area contributed by atoms with Gasteiger partial charge in [-0.2, -0.15) is 0 Å². The Morgan fingerprint density at radius 1 is 0.667 bits per heavy atom. The Labute approximate surface area is 182 Å². The molecule has 2 heterocycles. The molecule has 0 aromatic carbocycles. The summed E-state index contributed by atoms with van der Waals surface area (Å²) in [4.78, 5) is 30.3. The zero-order valence-corrected chi connectivity index (χ0v) is 19.2. The van der Waals surface area contributed by atoms with Gasteiger partial charge >= 0.3 is 0 Å². The number of hydrogen-bond donors (Lipinski definition) is 0. The summed E-state index contributed by atoms with van der Waals surface area (Å²) < 4.78 is 10.9. The summed E-state index contributed by atoms with van der Waals surface area (Å²) in [5.74, 6) is 1.40. The van der Waals surface area contributed by atoms with Gasteiger partial charge in [-0.3, -0.25) is 9.59 Å². The third-order valence-corrected chi connectivity index (χ3v) is 7.58. The van der Waals surface area contributed by atoms with Crippen molar-refractivity contribution in [1.29, 1.82) is 0 Å². The van der Waals surface area contributed by atoms with E-state index in [0.29, 0.717) is 11.8 Å². The molecule has 30 heavy (non-hydrogen) atoms. The second-order valence-corrected chi connectivity index (χ2v) is 9.71. The van der Waals surface area contributed by atoms with Crippen molar-refractivity contribution < 1.29 is 19.1 Å². The molecule has 6 heteroatoms. The first-order valence-corrected chi connectivity index (χ1v) is 12.2. The number of rotatable bonds is 8. The molecular formula is C24H42N2O4. The van der Waals surface area contributed by atoms with Crippen molar-refractivity contribution in [2.24, 2.45) is 23.7 Å². The second kappa shape index (κ2) is 12.0. The Morgan fingerprint density at radius 3 is 1.40 bits per heavy atom. The quantitative estimate of drug-likeness (QED) is 0.602. The molecule has 2 amide bonds. The van der Waals surface area contributed by atoms with E-state index in [2.05, 4.69) is 0 Å². The standard InChI is InChI=1S/C24H42N2O4/c1-25(13-7-19-9-15-29-16-10-19)23(27)21-5-3-4-6-22(21)24(28)26(2)14-8-20-11-17-30-18-12-20/h19-22H,3-18H2,1-2H3/t21-,22-/m1/s1. The van der Waals surface area contributed by atoms with Crippen molar-refractivity contribution >= 4 is 11.8 Å². The van der Waals surface area contributed by atoms with Crippen LogP contribution in [0.15, 0.2) is 0 Å². The molecule has 1 saturated carbocycles. The first-order valence-electron chi connectivity index (χ1n) is 12.2. The lowest BCUT2D eigenvalue weighted by Crippen LogP contribution is -2.45. The molecule has 172 valence electrons. The lowest BCUT2D eigenvalue weighted by Gasteiger charge is -2.35. The molecule has 0 N–H and O–H groups in total. The van der Waals surface area contributed by atoms with Gasteiger partial charge in [0.25, 0.3) is 0 Å². The van der Waals surface area contributed by atoms with E-state index in [-0.39, 0.29) is 23.7 Å². The molecule has 0 unspecified atom stereocenters. The third kappa shape index (κ3) is 6.68. The SMILES string of the molecule is CN(CCC1CCOCC1)C(=O)[C@@H]1CCCC[C@H]1C(=O)N(C)CCC1CCOCC1. The zero-order valence-electron chi connectivity index (χ0n) is 19.2. The predicted molar refractivity (Wildman–Crippen MR) is 117 cm³/mol. The van der Waals surface area contributed by atoms with Gasteiger partial charge in [-0.05, 0) is 63.2 Å². The Balaban J connectivity index is 1.49. The van der Waals surface area contributed by atoms with E-state index < -0.39 is 0 Å². The smallest absolute Gasteiger partial charge is 0.226 e. The lowest BCUT2D eigenvalue weighted by atomic mass is 9.77. The van der Waals surface area contributed by atoms with Crippen molar-refractivity contribution in [3.63, 3.8) is 0 Å². The van der Waals surface area contributed by atoms with Gasteiger partial charge in [0.15, 0.2) is 0 Å². The molecule has 0 radical (unpaired) electrons. The van der Waals surface area contributed by atoms with Gasteiger partial charge in [0, 0.05) is 65.4 Å². The molecule has 1 aliphatic carbocycles. The van der Waals surface area contributed by atoms with Crippen LogP contribution in [0.1, 0.15) is 64.2 Å². The maximum absolute atomic E-state index is 13.2. The highest BCUT2D eigenvalue weighted by atomic mass is 16.5. The highest BCUT2D eigenvalue weighted by Gasteiger charge is 2.38. The largest absolute Gasteiger partial charge is 0.381 e. The van der Waals surface area contributed by atoms with Crippen LogP contribution in [0.3, 0.4) is 0 Å². The van der Waals surface area contributed by atoms with Crippen LogP contribution in [0, 0.1) is 23.7 Å². The molecular weight excluding hydrogens is 380 g/mol. The van der Waals surface area contributed by atoms with Crippen LogP contribution < -0.4 is 0 Å². The topological polar surface area (TPSA) is 59.1 Å². The number of hydrogen-bond acceptors (Lipinski definition) is 4. The fraction of sp³-hybridized carbons (Fsp3) is 0.917. The molecule has 3 fully saturated rings. The van der Waals surface area contributed by atoms with E-state index in [9.17, 15) is 9.59 Å². The van der Waals surface area contributed by atoms with E-state index in [4.69, 9.17) is 9.47 Å². The number of ether oxygens (including phenoxy) is 2. The van der Waals surface area contributed by atoms with E-state index in [1.165, 1.54) is 0 Å². The normalized spacial score (nSPS) is 26.3. The van der Waals surface area contributed by atoms with Crippen LogP contribution in [0.5, 0.6) is 0 Å². The molecule has 3 aliphatic rings. The summed E-state index contributed by atoms with van der Waals surface area (Å²) in [7, 11) is 3.85. The molecule has 0 spiro atoms. The van der Waals surface area contributed by atoms with Crippen molar-refractivity contribution in [1.82, 2.24) is 9.80 Å². The molecule has 3 rings (SSSR count).